The number of hydrogen-bond donors (Lipinski definition) is 1. The van der Waals surface area contributed by atoms with Gasteiger partial charge in [-0.25, -0.2) is 0 Å². The van der Waals surface area contributed by atoms with Crippen LogP contribution in [0.3, 0.4) is 0 Å². The zero-order chi connectivity index (χ0) is 18.1. The first kappa shape index (κ1) is 17.6. The molecule has 0 spiro atoms. The van der Waals surface area contributed by atoms with Gasteiger partial charge >= 0.3 is 0 Å². The highest BCUT2D eigenvalue weighted by Crippen LogP contribution is 2.47. The lowest BCUT2D eigenvalue weighted by molar-refractivity contribution is -0.135. The number of aryl methyl sites for hydroxylation is 1. The van der Waals surface area contributed by atoms with Crippen molar-refractivity contribution >= 4 is 17.5 Å². The van der Waals surface area contributed by atoms with E-state index in [-0.39, 0.29) is 18.2 Å². The third-order valence-corrected chi connectivity index (χ3v) is 6.61. The summed E-state index contributed by atoms with van der Waals surface area (Å²) in [5.74, 6) is 2.49. The number of carbonyl (C=O) groups is 2. The van der Waals surface area contributed by atoms with Crippen molar-refractivity contribution in [1.29, 1.82) is 0 Å². The topological polar surface area (TPSA) is 49.4 Å². The van der Waals surface area contributed by atoms with Crippen LogP contribution in [-0.2, 0) is 16.0 Å². The standard InChI is InChI=1S/C22H30N2O2/c1-2-15-4-3-5-19(11-15)23-21(25)6-7-22(26)24-14-18-9-16-8-17(10-18)13-20(24)12-16/h3-5,11,16-18,20H,2,6-10,12-14H2,1H3,(H,23,25)/t16-,17+,18?,20?. The summed E-state index contributed by atoms with van der Waals surface area (Å²) in [5.41, 5.74) is 2.03. The molecule has 4 bridgehead atoms. The Morgan fingerprint density at radius 1 is 1.04 bits per heavy atom. The maximum absolute atomic E-state index is 12.8. The fourth-order valence-corrected chi connectivity index (χ4v) is 5.55. The van der Waals surface area contributed by atoms with E-state index in [4.69, 9.17) is 0 Å². The summed E-state index contributed by atoms with van der Waals surface area (Å²) >= 11 is 0. The lowest BCUT2D eigenvalue weighted by Crippen LogP contribution is -2.42. The van der Waals surface area contributed by atoms with Crippen LogP contribution < -0.4 is 5.32 Å². The van der Waals surface area contributed by atoms with Crippen LogP contribution in [0, 0.1) is 17.8 Å². The van der Waals surface area contributed by atoms with E-state index in [1.807, 2.05) is 18.2 Å². The number of nitrogens with one attached hydrogen (secondary N) is 1. The molecule has 2 heterocycles. The van der Waals surface area contributed by atoms with Crippen LogP contribution in [0.4, 0.5) is 5.69 Å². The average Bonchev–Trinajstić information content (AvgIpc) is 2.83. The molecule has 4 aliphatic rings. The summed E-state index contributed by atoms with van der Waals surface area (Å²) < 4.78 is 0. The van der Waals surface area contributed by atoms with E-state index in [9.17, 15) is 9.59 Å². The van der Waals surface area contributed by atoms with E-state index in [1.165, 1.54) is 37.7 Å². The van der Waals surface area contributed by atoms with E-state index in [0.29, 0.717) is 18.4 Å². The van der Waals surface area contributed by atoms with Crippen LogP contribution in [0.5, 0.6) is 0 Å². The average molecular weight is 354 g/mol. The molecule has 1 aromatic rings. The summed E-state index contributed by atoms with van der Waals surface area (Å²) in [5, 5.41) is 2.94. The molecule has 5 rings (SSSR count). The van der Waals surface area contributed by atoms with E-state index in [1.54, 1.807) is 0 Å². The first-order valence-electron chi connectivity index (χ1n) is 10.3. The molecular formula is C22H30N2O2. The molecule has 2 aliphatic heterocycles. The molecule has 0 aromatic heterocycles. The predicted molar refractivity (Wildman–Crippen MR) is 103 cm³/mol. The van der Waals surface area contributed by atoms with Crippen molar-refractivity contribution in [2.45, 2.75) is 64.3 Å². The Balaban J connectivity index is 1.31. The minimum absolute atomic E-state index is 0.0627. The van der Waals surface area contributed by atoms with Gasteiger partial charge < -0.3 is 10.2 Å². The van der Waals surface area contributed by atoms with Gasteiger partial charge in [-0.3, -0.25) is 9.59 Å². The Labute approximate surface area is 156 Å². The third kappa shape index (κ3) is 3.79. The largest absolute Gasteiger partial charge is 0.339 e. The molecular weight excluding hydrogens is 324 g/mol. The van der Waals surface area contributed by atoms with E-state index < -0.39 is 0 Å². The summed E-state index contributed by atoms with van der Waals surface area (Å²) in [6.45, 7) is 3.03. The number of benzene rings is 1. The van der Waals surface area contributed by atoms with Crippen LogP contribution in [0.2, 0.25) is 0 Å². The first-order valence-corrected chi connectivity index (χ1v) is 10.3. The lowest BCUT2D eigenvalue weighted by atomic mass is 9.68. The van der Waals surface area contributed by atoms with Crippen molar-refractivity contribution in [3.63, 3.8) is 0 Å². The van der Waals surface area contributed by atoms with E-state index in [2.05, 4.69) is 23.2 Å². The molecule has 2 saturated carbocycles. The fourth-order valence-electron chi connectivity index (χ4n) is 5.55. The van der Waals surface area contributed by atoms with Crippen molar-refractivity contribution in [1.82, 2.24) is 4.90 Å². The molecule has 4 nitrogen and oxygen atoms in total. The SMILES string of the molecule is CCc1cccc(NC(=O)CCC(=O)N2CC3C[C@@H]4CC2C[C@H](C3)C4)c1. The lowest BCUT2D eigenvalue weighted by Gasteiger charge is -2.39. The summed E-state index contributed by atoms with van der Waals surface area (Å²) in [6.07, 6.45) is 7.93. The van der Waals surface area contributed by atoms with Gasteiger partial charge in [0.25, 0.3) is 0 Å². The Bertz CT molecular complexity index is 672. The Morgan fingerprint density at radius 3 is 2.50 bits per heavy atom. The Hall–Kier alpha value is -1.84. The maximum atomic E-state index is 12.8. The minimum atomic E-state index is -0.0627. The van der Waals surface area contributed by atoms with Crippen molar-refractivity contribution in [3.8, 4) is 0 Å². The monoisotopic (exact) mass is 354 g/mol. The second-order valence-electron chi connectivity index (χ2n) is 8.58. The zero-order valence-electron chi connectivity index (χ0n) is 15.7. The molecule has 2 saturated heterocycles. The van der Waals surface area contributed by atoms with Gasteiger partial charge in [0.05, 0.1) is 0 Å². The number of nitrogens with zero attached hydrogens (tertiary/aromatic N) is 1. The first-order chi connectivity index (χ1) is 12.6. The van der Waals surface area contributed by atoms with Gasteiger partial charge in [-0.15, -0.1) is 0 Å². The highest BCUT2D eigenvalue weighted by atomic mass is 16.2. The number of amides is 2. The highest BCUT2D eigenvalue weighted by molar-refractivity contribution is 5.93. The number of rotatable bonds is 5. The molecule has 4 heteroatoms. The normalized spacial score (nSPS) is 29.5. The van der Waals surface area contributed by atoms with Gasteiger partial charge in [-0.1, -0.05) is 19.1 Å². The molecule has 26 heavy (non-hydrogen) atoms. The Morgan fingerprint density at radius 2 is 1.77 bits per heavy atom. The van der Waals surface area contributed by atoms with E-state index in [0.717, 1.165) is 30.5 Å². The molecule has 4 fully saturated rings. The molecule has 2 unspecified atom stereocenters. The molecule has 1 N–H and O–H groups in total. The van der Waals surface area contributed by atoms with Crippen LogP contribution in [0.25, 0.3) is 0 Å². The van der Waals surface area contributed by atoms with Crippen LogP contribution in [0.1, 0.15) is 57.4 Å². The molecule has 0 radical (unpaired) electrons. The maximum Gasteiger partial charge on any atom is 0.224 e. The van der Waals surface area contributed by atoms with Crippen molar-refractivity contribution < 1.29 is 9.59 Å². The van der Waals surface area contributed by atoms with Crippen molar-refractivity contribution in [3.05, 3.63) is 29.8 Å². The Kier molecular flexibility index (Phi) is 5.01. The number of anilines is 1. The van der Waals surface area contributed by atoms with Gasteiger partial charge in [0, 0.05) is 31.1 Å². The van der Waals surface area contributed by atoms with Gasteiger partial charge in [0.15, 0.2) is 0 Å². The summed E-state index contributed by atoms with van der Waals surface area (Å²) in [6, 6.07) is 8.36. The van der Waals surface area contributed by atoms with Gasteiger partial charge in [0.2, 0.25) is 11.8 Å². The summed E-state index contributed by atoms with van der Waals surface area (Å²) in [7, 11) is 0. The molecule has 2 aliphatic carbocycles. The van der Waals surface area contributed by atoms with Crippen LogP contribution in [-0.4, -0.2) is 29.3 Å². The van der Waals surface area contributed by atoms with E-state index >= 15 is 0 Å². The smallest absolute Gasteiger partial charge is 0.224 e. The zero-order valence-corrected chi connectivity index (χ0v) is 15.7. The number of hydrogen-bond acceptors (Lipinski definition) is 2. The quantitative estimate of drug-likeness (QED) is 0.869. The van der Waals surface area contributed by atoms with Gasteiger partial charge in [-0.05, 0) is 74.0 Å². The predicted octanol–water partition coefficient (Wildman–Crippen LogP) is 4.00. The third-order valence-electron chi connectivity index (χ3n) is 6.61. The van der Waals surface area contributed by atoms with Crippen LogP contribution >= 0.6 is 0 Å². The van der Waals surface area contributed by atoms with Crippen molar-refractivity contribution in [2.75, 3.05) is 11.9 Å². The summed E-state index contributed by atoms with van der Waals surface area (Å²) in [4.78, 5) is 27.2. The molecule has 140 valence electrons. The highest BCUT2D eigenvalue weighted by Gasteiger charge is 2.43. The van der Waals surface area contributed by atoms with Gasteiger partial charge in [0.1, 0.15) is 0 Å². The fraction of sp³-hybridized carbons (Fsp3) is 0.636. The van der Waals surface area contributed by atoms with Gasteiger partial charge in [-0.2, -0.15) is 0 Å². The molecule has 1 aromatic carbocycles. The number of fused-ring (bicyclic) bond motifs is 1. The molecule has 4 atom stereocenters. The second kappa shape index (κ2) is 7.42. The molecule has 2 amide bonds. The minimum Gasteiger partial charge on any atom is -0.339 e. The van der Waals surface area contributed by atoms with Crippen molar-refractivity contribution in [2.24, 2.45) is 17.8 Å². The second-order valence-corrected chi connectivity index (χ2v) is 8.58. The van der Waals surface area contributed by atoms with Crippen LogP contribution in [0.15, 0.2) is 24.3 Å². The number of carbonyl (C=O) groups excluding carboxylic acids is 2.